The van der Waals surface area contributed by atoms with E-state index in [0.29, 0.717) is 74.2 Å². The summed E-state index contributed by atoms with van der Waals surface area (Å²) < 4.78 is 0. The van der Waals surface area contributed by atoms with Gasteiger partial charge in [0.2, 0.25) is 11.8 Å². The number of rotatable bonds is 9. The molecule has 1 aliphatic heterocycles. The molecular formula is C30H32ClN7O3. The summed E-state index contributed by atoms with van der Waals surface area (Å²) in [6.07, 6.45) is 4.26. The second kappa shape index (κ2) is 12.8. The van der Waals surface area contributed by atoms with Crippen LogP contribution in [0.15, 0.2) is 67.1 Å². The smallest absolute Gasteiger partial charge is 0.254 e. The minimum Gasteiger partial charge on any atom is -0.355 e. The molecule has 41 heavy (non-hydrogen) atoms. The van der Waals surface area contributed by atoms with Crippen molar-refractivity contribution in [3.63, 3.8) is 0 Å². The molecule has 2 N–H and O–H groups in total. The van der Waals surface area contributed by atoms with E-state index in [4.69, 9.17) is 11.6 Å². The topological polar surface area (TPSA) is 115 Å². The van der Waals surface area contributed by atoms with Crippen molar-refractivity contribution in [3.05, 3.63) is 83.3 Å². The van der Waals surface area contributed by atoms with Crippen LogP contribution in [0.2, 0.25) is 5.02 Å². The first-order chi connectivity index (χ1) is 19.9. The number of hydrogen-bond acceptors (Lipinski definition) is 6. The Kier molecular flexibility index (Phi) is 8.79. The van der Waals surface area contributed by atoms with Gasteiger partial charge in [0, 0.05) is 75.1 Å². The number of aryl methyl sites for hydroxylation is 1. The minimum atomic E-state index is -0.121. The summed E-state index contributed by atoms with van der Waals surface area (Å²) in [5.41, 5.74) is 2.98. The molecule has 1 aliphatic rings. The fraction of sp³-hybridized carbons (Fsp3) is 0.300. The molecule has 1 fully saturated rings. The highest BCUT2D eigenvalue weighted by atomic mass is 35.5. The highest BCUT2D eigenvalue weighted by Gasteiger charge is 2.25. The summed E-state index contributed by atoms with van der Waals surface area (Å²) in [6.45, 7) is 4.22. The third-order valence-electron chi connectivity index (χ3n) is 7.19. The van der Waals surface area contributed by atoms with Gasteiger partial charge in [-0.25, -0.2) is 9.97 Å². The van der Waals surface area contributed by atoms with Gasteiger partial charge in [0.05, 0.1) is 5.39 Å². The number of amides is 3. The molecule has 5 rings (SSSR count). The van der Waals surface area contributed by atoms with E-state index in [0.717, 1.165) is 16.6 Å². The molecule has 0 spiro atoms. The Bertz CT molecular complexity index is 1550. The van der Waals surface area contributed by atoms with Gasteiger partial charge in [-0.3, -0.25) is 14.4 Å². The summed E-state index contributed by atoms with van der Waals surface area (Å²) in [5.74, 6) is 0.529. The molecule has 3 heterocycles. The Morgan fingerprint density at radius 2 is 1.78 bits per heavy atom. The number of nitrogens with one attached hydrogen (secondary N) is 2. The van der Waals surface area contributed by atoms with Crippen molar-refractivity contribution in [1.29, 1.82) is 0 Å². The van der Waals surface area contributed by atoms with Crippen LogP contribution < -0.4 is 10.2 Å². The van der Waals surface area contributed by atoms with Crippen molar-refractivity contribution in [1.82, 2.24) is 30.1 Å². The van der Waals surface area contributed by atoms with E-state index in [2.05, 4.69) is 20.3 Å². The number of piperazine rings is 1. The zero-order valence-corrected chi connectivity index (χ0v) is 23.6. The van der Waals surface area contributed by atoms with Crippen molar-refractivity contribution in [2.24, 2.45) is 0 Å². The SMILES string of the molecule is CC(=O)NCCN(c1cccc(C(=O)N2CCN(C(=O)CCc3ccccc3Cl)CC2)c1)c1ncnc2[nH]ccc12. The molecule has 0 radical (unpaired) electrons. The van der Waals surface area contributed by atoms with Crippen LogP contribution in [-0.4, -0.2) is 81.7 Å². The molecule has 0 atom stereocenters. The number of H-pyrrole nitrogens is 1. The average molecular weight is 574 g/mol. The average Bonchev–Trinajstić information content (AvgIpc) is 3.48. The van der Waals surface area contributed by atoms with Gasteiger partial charge in [-0.05, 0) is 42.3 Å². The second-order valence-corrected chi connectivity index (χ2v) is 10.3. The maximum absolute atomic E-state index is 13.5. The van der Waals surface area contributed by atoms with Gasteiger partial charge in [0.15, 0.2) is 0 Å². The van der Waals surface area contributed by atoms with E-state index in [1.54, 1.807) is 17.2 Å². The monoisotopic (exact) mass is 573 g/mol. The first kappa shape index (κ1) is 28.1. The minimum absolute atomic E-state index is 0.0646. The van der Waals surface area contributed by atoms with Crippen LogP contribution in [0.5, 0.6) is 0 Å². The summed E-state index contributed by atoms with van der Waals surface area (Å²) in [4.78, 5) is 55.3. The van der Waals surface area contributed by atoms with Crippen LogP contribution in [0.3, 0.4) is 0 Å². The van der Waals surface area contributed by atoms with Gasteiger partial charge in [-0.15, -0.1) is 0 Å². The van der Waals surface area contributed by atoms with Crippen molar-refractivity contribution in [3.8, 4) is 0 Å². The number of anilines is 2. The van der Waals surface area contributed by atoms with E-state index in [9.17, 15) is 14.4 Å². The normalized spacial score (nSPS) is 13.3. The molecule has 3 amide bonds. The van der Waals surface area contributed by atoms with Crippen LogP contribution in [0.1, 0.15) is 29.3 Å². The fourth-order valence-corrected chi connectivity index (χ4v) is 5.25. The Balaban J connectivity index is 1.26. The van der Waals surface area contributed by atoms with E-state index in [1.807, 2.05) is 58.3 Å². The van der Waals surface area contributed by atoms with Crippen molar-refractivity contribution in [2.75, 3.05) is 44.2 Å². The molecular weight excluding hydrogens is 542 g/mol. The Hall–Kier alpha value is -4.44. The van der Waals surface area contributed by atoms with Gasteiger partial charge in [-0.2, -0.15) is 0 Å². The quantitative estimate of drug-likeness (QED) is 0.315. The number of benzene rings is 2. The van der Waals surface area contributed by atoms with E-state index in [1.165, 1.54) is 13.3 Å². The number of nitrogens with zero attached hydrogens (tertiary/aromatic N) is 5. The maximum atomic E-state index is 13.5. The van der Waals surface area contributed by atoms with Gasteiger partial charge in [0.1, 0.15) is 17.8 Å². The van der Waals surface area contributed by atoms with Crippen LogP contribution in [0.4, 0.5) is 11.5 Å². The number of aromatic amines is 1. The van der Waals surface area contributed by atoms with Crippen molar-refractivity contribution >= 4 is 51.9 Å². The van der Waals surface area contributed by atoms with Crippen molar-refractivity contribution in [2.45, 2.75) is 19.8 Å². The lowest BCUT2D eigenvalue weighted by Crippen LogP contribution is -2.50. The fourth-order valence-electron chi connectivity index (χ4n) is 5.02. The Morgan fingerprint density at radius 3 is 2.56 bits per heavy atom. The third-order valence-corrected chi connectivity index (χ3v) is 7.56. The molecule has 2 aromatic heterocycles. The van der Waals surface area contributed by atoms with Gasteiger partial charge in [0.25, 0.3) is 5.91 Å². The van der Waals surface area contributed by atoms with Crippen molar-refractivity contribution < 1.29 is 14.4 Å². The summed E-state index contributed by atoms with van der Waals surface area (Å²) in [5, 5.41) is 4.34. The van der Waals surface area contributed by atoms with Crippen LogP contribution in [-0.2, 0) is 16.0 Å². The molecule has 2 aromatic carbocycles. The maximum Gasteiger partial charge on any atom is 0.254 e. The van der Waals surface area contributed by atoms with Gasteiger partial charge < -0.3 is 25.0 Å². The first-order valence-electron chi connectivity index (χ1n) is 13.6. The molecule has 10 nitrogen and oxygen atoms in total. The number of carbonyl (C=O) groups is 3. The first-order valence-corrected chi connectivity index (χ1v) is 14.0. The lowest BCUT2D eigenvalue weighted by molar-refractivity contribution is -0.132. The molecule has 4 aromatic rings. The lowest BCUT2D eigenvalue weighted by atomic mass is 10.1. The van der Waals surface area contributed by atoms with E-state index >= 15 is 0 Å². The van der Waals surface area contributed by atoms with E-state index in [-0.39, 0.29) is 17.7 Å². The van der Waals surface area contributed by atoms with Crippen LogP contribution in [0, 0.1) is 0 Å². The van der Waals surface area contributed by atoms with Crippen LogP contribution >= 0.6 is 11.6 Å². The third kappa shape index (κ3) is 6.66. The molecule has 212 valence electrons. The Morgan fingerprint density at radius 1 is 1.00 bits per heavy atom. The summed E-state index contributed by atoms with van der Waals surface area (Å²) in [6, 6.07) is 16.9. The number of fused-ring (bicyclic) bond motifs is 1. The molecule has 1 saturated heterocycles. The number of hydrogen-bond donors (Lipinski definition) is 2. The predicted molar refractivity (Wildman–Crippen MR) is 158 cm³/mol. The molecule has 11 heteroatoms. The molecule has 0 saturated carbocycles. The largest absolute Gasteiger partial charge is 0.355 e. The Labute approximate surface area is 243 Å². The molecule has 0 bridgehead atoms. The number of aromatic nitrogens is 3. The van der Waals surface area contributed by atoms with Crippen LogP contribution in [0.25, 0.3) is 11.0 Å². The zero-order valence-electron chi connectivity index (χ0n) is 22.8. The summed E-state index contributed by atoms with van der Waals surface area (Å²) in [7, 11) is 0. The van der Waals surface area contributed by atoms with E-state index < -0.39 is 0 Å². The van der Waals surface area contributed by atoms with Gasteiger partial charge >= 0.3 is 0 Å². The second-order valence-electron chi connectivity index (χ2n) is 9.89. The lowest BCUT2D eigenvalue weighted by Gasteiger charge is -2.35. The molecule has 0 unspecified atom stereocenters. The predicted octanol–water partition coefficient (Wildman–Crippen LogP) is 3.80. The number of carbonyl (C=O) groups excluding carboxylic acids is 3. The summed E-state index contributed by atoms with van der Waals surface area (Å²) >= 11 is 6.23. The highest BCUT2D eigenvalue weighted by Crippen LogP contribution is 2.30. The van der Waals surface area contributed by atoms with Gasteiger partial charge in [-0.1, -0.05) is 35.9 Å². The zero-order chi connectivity index (χ0) is 28.8. The number of halogens is 1. The highest BCUT2D eigenvalue weighted by molar-refractivity contribution is 6.31. The standard InChI is InChI=1S/C30H32ClN7O3/c1-21(39)32-13-14-38(29-25-11-12-33-28(25)34-20-35-29)24-7-4-6-23(19-24)30(41)37-17-15-36(16-18-37)27(40)10-9-22-5-2-3-8-26(22)31/h2-8,11-12,19-20H,9-10,13-18H2,1H3,(H,32,39)(H,33,34,35). The molecule has 0 aliphatic carbocycles.